The summed E-state index contributed by atoms with van der Waals surface area (Å²) in [5.74, 6) is 1.10. The number of furan rings is 1. The van der Waals surface area contributed by atoms with Crippen molar-refractivity contribution in [1.29, 1.82) is 0 Å². The Bertz CT molecular complexity index is 307. The minimum absolute atomic E-state index is 0.562. The van der Waals surface area contributed by atoms with Crippen molar-refractivity contribution in [3.8, 4) is 0 Å². The maximum absolute atomic E-state index is 5.61. The van der Waals surface area contributed by atoms with Crippen molar-refractivity contribution in [2.24, 2.45) is 0 Å². The number of nitrogens with zero attached hydrogens (tertiary/aromatic N) is 1. The molecular weight excluding hydrogens is 212 g/mol. The zero-order valence-corrected chi connectivity index (χ0v) is 11.6. The largest absolute Gasteiger partial charge is 0.468 e. The molecule has 0 aliphatic rings. The van der Waals surface area contributed by atoms with E-state index in [1.165, 1.54) is 12.0 Å². The van der Waals surface area contributed by atoms with E-state index < -0.39 is 0 Å². The minimum Gasteiger partial charge on any atom is -0.468 e. The van der Waals surface area contributed by atoms with Gasteiger partial charge in [0, 0.05) is 18.2 Å². The zero-order valence-electron chi connectivity index (χ0n) is 11.6. The number of nitrogens with one attached hydrogen (secondary N) is 1. The third-order valence-electron chi connectivity index (χ3n) is 2.99. The van der Waals surface area contributed by atoms with Gasteiger partial charge in [-0.2, -0.15) is 0 Å². The highest BCUT2D eigenvalue weighted by Crippen LogP contribution is 2.15. The van der Waals surface area contributed by atoms with Gasteiger partial charge < -0.3 is 9.73 Å². The summed E-state index contributed by atoms with van der Waals surface area (Å²) in [5.41, 5.74) is 1.29. The fourth-order valence-electron chi connectivity index (χ4n) is 1.91. The Labute approximate surface area is 105 Å². The first-order chi connectivity index (χ1) is 8.19. The van der Waals surface area contributed by atoms with Gasteiger partial charge in [0.2, 0.25) is 0 Å². The maximum atomic E-state index is 5.61. The SMILES string of the molecule is CCCN(Cc1occc1CNCC)C(C)C. The van der Waals surface area contributed by atoms with E-state index >= 15 is 0 Å². The smallest absolute Gasteiger partial charge is 0.122 e. The standard InChI is InChI=1S/C14H26N2O/c1-5-8-16(12(3)4)11-14-13(7-9-17-14)10-15-6-2/h7,9,12,15H,5-6,8,10-11H2,1-4H3. The molecule has 98 valence electrons. The lowest BCUT2D eigenvalue weighted by Crippen LogP contribution is -2.31. The summed E-state index contributed by atoms with van der Waals surface area (Å²) in [5, 5.41) is 3.35. The van der Waals surface area contributed by atoms with Crippen LogP contribution in [0.3, 0.4) is 0 Å². The second-order valence-electron chi connectivity index (χ2n) is 4.71. The van der Waals surface area contributed by atoms with E-state index in [4.69, 9.17) is 4.42 Å². The molecule has 3 nitrogen and oxygen atoms in total. The van der Waals surface area contributed by atoms with E-state index in [9.17, 15) is 0 Å². The van der Waals surface area contributed by atoms with Crippen molar-refractivity contribution >= 4 is 0 Å². The summed E-state index contributed by atoms with van der Waals surface area (Å²) < 4.78 is 5.61. The van der Waals surface area contributed by atoms with Crippen LogP contribution in [-0.2, 0) is 13.1 Å². The van der Waals surface area contributed by atoms with Gasteiger partial charge in [-0.05, 0) is 39.4 Å². The van der Waals surface area contributed by atoms with Gasteiger partial charge in [-0.1, -0.05) is 13.8 Å². The first kappa shape index (κ1) is 14.3. The van der Waals surface area contributed by atoms with Gasteiger partial charge in [-0.25, -0.2) is 0 Å². The molecule has 0 aliphatic carbocycles. The maximum Gasteiger partial charge on any atom is 0.122 e. The molecule has 3 heteroatoms. The highest BCUT2D eigenvalue weighted by atomic mass is 16.3. The van der Waals surface area contributed by atoms with E-state index in [1.807, 2.05) is 0 Å². The minimum atomic E-state index is 0.562. The van der Waals surface area contributed by atoms with Gasteiger partial charge in [0.25, 0.3) is 0 Å². The molecular formula is C14H26N2O. The lowest BCUT2D eigenvalue weighted by Gasteiger charge is -2.25. The van der Waals surface area contributed by atoms with Gasteiger partial charge in [0.05, 0.1) is 12.8 Å². The molecule has 0 aromatic carbocycles. The van der Waals surface area contributed by atoms with Crippen LogP contribution in [0.1, 0.15) is 45.4 Å². The van der Waals surface area contributed by atoms with Gasteiger partial charge in [0.15, 0.2) is 0 Å². The van der Waals surface area contributed by atoms with Crippen LogP contribution in [0.2, 0.25) is 0 Å². The second kappa shape index (κ2) is 7.51. The lowest BCUT2D eigenvalue weighted by atomic mass is 10.2. The van der Waals surface area contributed by atoms with E-state index in [0.717, 1.165) is 31.9 Å². The summed E-state index contributed by atoms with van der Waals surface area (Å²) in [6.45, 7) is 12.8. The summed E-state index contributed by atoms with van der Waals surface area (Å²) >= 11 is 0. The number of hydrogen-bond acceptors (Lipinski definition) is 3. The predicted octanol–water partition coefficient (Wildman–Crippen LogP) is 3.01. The molecule has 0 bridgehead atoms. The molecule has 0 fully saturated rings. The van der Waals surface area contributed by atoms with Crippen molar-refractivity contribution < 1.29 is 4.42 Å². The molecule has 1 aromatic heterocycles. The summed E-state index contributed by atoms with van der Waals surface area (Å²) in [6.07, 6.45) is 2.98. The van der Waals surface area contributed by atoms with Crippen molar-refractivity contribution in [3.05, 3.63) is 23.7 Å². The Hall–Kier alpha value is -0.800. The highest BCUT2D eigenvalue weighted by molar-refractivity contribution is 5.16. The molecule has 0 saturated heterocycles. The van der Waals surface area contributed by atoms with Crippen LogP contribution >= 0.6 is 0 Å². The molecule has 0 radical (unpaired) electrons. The van der Waals surface area contributed by atoms with Gasteiger partial charge >= 0.3 is 0 Å². The normalized spacial score (nSPS) is 11.6. The highest BCUT2D eigenvalue weighted by Gasteiger charge is 2.13. The Morgan fingerprint density at radius 1 is 1.35 bits per heavy atom. The van der Waals surface area contributed by atoms with Crippen LogP contribution < -0.4 is 5.32 Å². The number of rotatable bonds is 8. The van der Waals surface area contributed by atoms with Crippen molar-refractivity contribution in [2.75, 3.05) is 13.1 Å². The first-order valence-corrected chi connectivity index (χ1v) is 6.69. The second-order valence-corrected chi connectivity index (χ2v) is 4.71. The van der Waals surface area contributed by atoms with E-state index in [1.54, 1.807) is 6.26 Å². The Morgan fingerprint density at radius 3 is 2.71 bits per heavy atom. The van der Waals surface area contributed by atoms with E-state index in [2.05, 4.69) is 44.0 Å². The van der Waals surface area contributed by atoms with E-state index in [0.29, 0.717) is 6.04 Å². The zero-order chi connectivity index (χ0) is 12.7. The predicted molar refractivity (Wildman–Crippen MR) is 71.9 cm³/mol. The van der Waals surface area contributed by atoms with E-state index in [-0.39, 0.29) is 0 Å². The molecule has 0 atom stereocenters. The van der Waals surface area contributed by atoms with Crippen LogP contribution in [-0.4, -0.2) is 24.0 Å². The molecule has 1 aromatic rings. The molecule has 1 heterocycles. The molecule has 0 amide bonds. The Kier molecular flexibility index (Phi) is 6.30. The summed E-state index contributed by atoms with van der Waals surface area (Å²) in [6, 6.07) is 2.63. The van der Waals surface area contributed by atoms with Crippen LogP contribution in [0.25, 0.3) is 0 Å². The van der Waals surface area contributed by atoms with Crippen LogP contribution in [0.5, 0.6) is 0 Å². The third kappa shape index (κ3) is 4.52. The molecule has 0 saturated carbocycles. The fourth-order valence-corrected chi connectivity index (χ4v) is 1.91. The Morgan fingerprint density at radius 2 is 2.12 bits per heavy atom. The van der Waals surface area contributed by atoms with Crippen LogP contribution in [0.4, 0.5) is 0 Å². The molecule has 1 rings (SSSR count). The Balaban J connectivity index is 2.61. The molecule has 0 spiro atoms. The fraction of sp³-hybridized carbons (Fsp3) is 0.714. The lowest BCUT2D eigenvalue weighted by molar-refractivity contribution is 0.196. The van der Waals surface area contributed by atoms with Crippen LogP contribution in [0, 0.1) is 0 Å². The summed E-state index contributed by atoms with van der Waals surface area (Å²) in [4.78, 5) is 2.45. The molecule has 17 heavy (non-hydrogen) atoms. The third-order valence-corrected chi connectivity index (χ3v) is 2.99. The van der Waals surface area contributed by atoms with Crippen molar-refractivity contribution in [3.63, 3.8) is 0 Å². The van der Waals surface area contributed by atoms with Gasteiger partial charge in [0.1, 0.15) is 5.76 Å². The first-order valence-electron chi connectivity index (χ1n) is 6.69. The molecule has 0 unspecified atom stereocenters. The van der Waals surface area contributed by atoms with Crippen molar-refractivity contribution in [1.82, 2.24) is 10.2 Å². The average molecular weight is 238 g/mol. The van der Waals surface area contributed by atoms with Crippen LogP contribution in [0.15, 0.2) is 16.7 Å². The monoisotopic (exact) mass is 238 g/mol. The molecule has 0 aliphatic heterocycles. The van der Waals surface area contributed by atoms with Gasteiger partial charge in [-0.3, -0.25) is 4.90 Å². The summed E-state index contributed by atoms with van der Waals surface area (Å²) in [7, 11) is 0. The number of hydrogen-bond donors (Lipinski definition) is 1. The quantitative estimate of drug-likeness (QED) is 0.754. The average Bonchev–Trinajstić information content (AvgIpc) is 2.73. The topological polar surface area (TPSA) is 28.4 Å². The molecule has 1 N–H and O–H groups in total. The van der Waals surface area contributed by atoms with Crippen molar-refractivity contribution in [2.45, 2.75) is 53.2 Å². The van der Waals surface area contributed by atoms with Gasteiger partial charge in [-0.15, -0.1) is 0 Å².